The molecule has 0 atom stereocenters. The quantitative estimate of drug-likeness (QED) is 0.577. The van der Waals surface area contributed by atoms with Gasteiger partial charge in [0.2, 0.25) is 0 Å². The molecule has 0 radical (unpaired) electrons. The molecule has 27 heavy (non-hydrogen) atoms. The molecule has 0 aliphatic rings. The largest absolute Gasteiger partial charge is 0.465 e. The van der Waals surface area contributed by atoms with Crippen molar-refractivity contribution in [2.75, 3.05) is 6.61 Å². The van der Waals surface area contributed by atoms with Gasteiger partial charge in [0, 0.05) is 4.88 Å². The Morgan fingerprint density at radius 2 is 2.00 bits per heavy atom. The van der Waals surface area contributed by atoms with Crippen molar-refractivity contribution < 1.29 is 14.3 Å². The number of fused-ring (bicyclic) bond motifs is 1. The molecule has 0 saturated heterocycles. The van der Waals surface area contributed by atoms with Crippen LogP contribution in [0.15, 0.2) is 29.3 Å². The zero-order valence-corrected chi connectivity index (χ0v) is 17.6. The van der Waals surface area contributed by atoms with Crippen LogP contribution in [0, 0.1) is 13.8 Å². The molecule has 0 N–H and O–H groups in total. The Bertz CT molecular complexity index is 1080. The van der Waals surface area contributed by atoms with Crippen LogP contribution in [0.2, 0.25) is 4.34 Å². The molecule has 0 unspecified atom stereocenters. The molecule has 0 spiro atoms. The summed E-state index contributed by atoms with van der Waals surface area (Å²) in [7, 11) is 0. The van der Waals surface area contributed by atoms with Crippen molar-refractivity contribution in [1.82, 2.24) is 4.57 Å². The van der Waals surface area contributed by atoms with Crippen molar-refractivity contribution >= 4 is 56.4 Å². The number of benzene rings is 1. The number of carbonyl (C=O) groups excluding carboxylic acids is 2. The number of carbonyl (C=O) groups is 2. The first-order valence-corrected chi connectivity index (χ1v) is 10.5. The fraction of sp³-hybridized carbons (Fsp3) is 0.316. The molecule has 2 aromatic heterocycles. The second-order valence-corrected chi connectivity index (χ2v) is 8.87. The Morgan fingerprint density at radius 3 is 2.67 bits per heavy atom. The molecule has 2 heterocycles. The highest BCUT2D eigenvalue weighted by molar-refractivity contribution is 7.16. The Hall–Kier alpha value is -1.96. The van der Waals surface area contributed by atoms with Crippen molar-refractivity contribution in [3.63, 3.8) is 0 Å². The van der Waals surface area contributed by atoms with E-state index in [-0.39, 0.29) is 24.8 Å². The predicted octanol–water partition coefficient (Wildman–Crippen LogP) is 4.27. The molecule has 142 valence electrons. The van der Waals surface area contributed by atoms with Crippen molar-refractivity contribution in [2.45, 2.75) is 33.7 Å². The number of aromatic nitrogens is 1. The van der Waals surface area contributed by atoms with Crippen LogP contribution in [0.1, 0.15) is 22.9 Å². The van der Waals surface area contributed by atoms with Gasteiger partial charge in [-0.1, -0.05) is 29.0 Å². The highest BCUT2D eigenvalue weighted by atomic mass is 35.5. The summed E-state index contributed by atoms with van der Waals surface area (Å²) in [5, 5.41) is 0. The summed E-state index contributed by atoms with van der Waals surface area (Å²) in [4.78, 5) is 30.2. The average Bonchev–Trinajstić information content (AvgIpc) is 3.12. The summed E-state index contributed by atoms with van der Waals surface area (Å²) in [5.41, 5.74) is 3.06. The first-order chi connectivity index (χ1) is 12.9. The number of amides is 1. The molecule has 0 aliphatic carbocycles. The average molecular weight is 423 g/mol. The third kappa shape index (κ3) is 4.66. The van der Waals surface area contributed by atoms with Gasteiger partial charge in [0.1, 0.15) is 6.54 Å². The van der Waals surface area contributed by atoms with E-state index in [0.29, 0.717) is 15.7 Å². The minimum atomic E-state index is -0.352. The molecule has 0 saturated carbocycles. The van der Waals surface area contributed by atoms with Crippen LogP contribution in [0.4, 0.5) is 0 Å². The van der Waals surface area contributed by atoms with Gasteiger partial charge in [-0.3, -0.25) is 9.59 Å². The minimum Gasteiger partial charge on any atom is -0.465 e. The van der Waals surface area contributed by atoms with Crippen molar-refractivity contribution in [3.8, 4) is 0 Å². The first kappa shape index (κ1) is 19.8. The molecule has 1 amide bonds. The maximum Gasteiger partial charge on any atom is 0.326 e. The molecular formula is C19H19ClN2O3S2. The zero-order chi connectivity index (χ0) is 19.6. The lowest BCUT2D eigenvalue weighted by Gasteiger charge is -2.06. The summed E-state index contributed by atoms with van der Waals surface area (Å²) in [5.74, 6) is -0.623. The summed E-state index contributed by atoms with van der Waals surface area (Å²) >= 11 is 8.70. The van der Waals surface area contributed by atoms with Crippen LogP contribution < -0.4 is 4.80 Å². The molecular weight excluding hydrogens is 404 g/mol. The van der Waals surface area contributed by atoms with Gasteiger partial charge < -0.3 is 9.30 Å². The van der Waals surface area contributed by atoms with Crippen LogP contribution >= 0.6 is 34.3 Å². The number of thiazole rings is 1. The van der Waals surface area contributed by atoms with E-state index in [0.717, 1.165) is 26.2 Å². The van der Waals surface area contributed by atoms with Gasteiger partial charge in [-0.15, -0.1) is 11.3 Å². The van der Waals surface area contributed by atoms with Gasteiger partial charge in [0.15, 0.2) is 4.80 Å². The van der Waals surface area contributed by atoms with Gasteiger partial charge in [0.25, 0.3) is 5.91 Å². The Balaban J connectivity index is 2.05. The third-order valence-electron chi connectivity index (χ3n) is 3.88. The Morgan fingerprint density at radius 1 is 1.22 bits per heavy atom. The fourth-order valence-corrected chi connectivity index (χ4v) is 5.00. The zero-order valence-electron chi connectivity index (χ0n) is 15.2. The summed E-state index contributed by atoms with van der Waals surface area (Å²) in [6, 6.07) is 7.67. The number of aryl methyl sites for hydroxylation is 2. The smallest absolute Gasteiger partial charge is 0.326 e. The Labute approximate surface area is 169 Å². The number of thiophene rings is 1. The minimum absolute atomic E-state index is 0.0215. The van der Waals surface area contributed by atoms with E-state index in [1.165, 1.54) is 22.7 Å². The third-order valence-corrected chi connectivity index (χ3v) is 6.34. The number of nitrogens with zero attached hydrogens (tertiary/aromatic N) is 2. The monoisotopic (exact) mass is 422 g/mol. The lowest BCUT2D eigenvalue weighted by Crippen LogP contribution is -2.23. The SMILES string of the molecule is CCOC(=O)Cn1c(=NC(=O)Cc2ccc(Cl)s2)sc2c(C)cc(C)cc21. The molecule has 8 heteroatoms. The summed E-state index contributed by atoms with van der Waals surface area (Å²) in [6.45, 7) is 6.11. The highest BCUT2D eigenvalue weighted by Crippen LogP contribution is 2.24. The van der Waals surface area contributed by atoms with Crippen LogP contribution in [-0.2, 0) is 27.3 Å². The van der Waals surface area contributed by atoms with Crippen LogP contribution in [0.25, 0.3) is 10.2 Å². The predicted molar refractivity (Wildman–Crippen MR) is 110 cm³/mol. The van der Waals surface area contributed by atoms with Crippen LogP contribution in [0.5, 0.6) is 0 Å². The van der Waals surface area contributed by atoms with Crippen molar-refractivity contribution in [3.05, 3.63) is 49.4 Å². The number of rotatable bonds is 5. The molecule has 0 fully saturated rings. The first-order valence-electron chi connectivity index (χ1n) is 8.45. The lowest BCUT2D eigenvalue weighted by molar-refractivity contribution is -0.143. The number of halogens is 1. The molecule has 3 aromatic rings. The van der Waals surface area contributed by atoms with E-state index in [4.69, 9.17) is 16.3 Å². The van der Waals surface area contributed by atoms with E-state index >= 15 is 0 Å². The lowest BCUT2D eigenvalue weighted by atomic mass is 10.1. The molecule has 0 aliphatic heterocycles. The van der Waals surface area contributed by atoms with Gasteiger partial charge in [-0.05, 0) is 50.1 Å². The van der Waals surface area contributed by atoms with E-state index < -0.39 is 0 Å². The number of ether oxygens (including phenoxy) is 1. The van der Waals surface area contributed by atoms with E-state index in [1.807, 2.05) is 26.0 Å². The number of hydrogen-bond acceptors (Lipinski definition) is 5. The molecule has 1 aromatic carbocycles. The fourth-order valence-electron chi connectivity index (χ4n) is 2.83. The topological polar surface area (TPSA) is 60.7 Å². The van der Waals surface area contributed by atoms with Crippen molar-refractivity contribution in [2.24, 2.45) is 4.99 Å². The van der Waals surface area contributed by atoms with Crippen LogP contribution in [-0.4, -0.2) is 23.1 Å². The van der Waals surface area contributed by atoms with Crippen molar-refractivity contribution in [1.29, 1.82) is 0 Å². The molecule has 0 bridgehead atoms. The van der Waals surface area contributed by atoms with E-state index in [9.17, 15) is 9.59 Å². The van der Waals surface area contributed by atoms with Gasteiger partial charge in [-0.2, -0.15) is 4.99 Å². The Kier molecular flexibility index (Phi) is 6.14. The second-order valence-electron chi connectivity index (χ2n) is 6.09. The van der Waals surface area contributed by atoms with E-state index in [2.05, 4.69) is 11.1 Å². The molecule has 3 rings (SSSR count). The maximum absolute atomic E-state index is 12.5. The maximum atomic E-state index is 12.5. The second kappa shape index (κ2) is 8.37. The highest BCUT2D eigenvalue weighted by Gasteiger charge is 2.14. The molecule has 5 nitrogen and oxygen atoms in total. The summed E-state index contributed by atoms with van der Waals surface area (Å²) in [6.07, 6.45) is 0.184. The standard InChI is InChI=1S/C19H19ClN2O3S2/c1-4-25-17(24)10-22-14-8-11(2)7-12(3)18(14)27-19(22)21-16(23)9-13-5-6-15(20)26-13/h5-8H,4,9-10H2,1-3H3. The normalized spacial score (nSPS) is 11.9. The van der Waals surface area contributed by atoms with Gasteiger partial charge in [0.05, 0.1) is 27.6 Å². The van der Waals surface area contributed by atoms with Gasteiger partial charge >= 0.3 is 5.97 Å². The number of hydrogen-bond donors (Lipinski definition) is 0. The number of esters is 1. The van der Waals surface area contributed by atoms with Gasteiger partial charge in [-0.25, -0.2) is 0 Å². The van der Waals surface area contributed by atoms with E-state index in [1.54, 1.807) is 17.6 Å². The summed E-state index contributed by atoms with van der Waals surface area (Å²) < 4.78 is 8.50. The van der Waals surface area contributed by atoms with Crippen LogP contribution in [0.3, 0.4) is 0 Å².